The fourth-order valence-corrected chi connectivity index (χ4v) is 3.88. The SMILES string of the molecule is COC(=O)c1sccc1NC(=O)N1CCN(c2ccc(C)cc2)[C@@H](C)C1. The van der Waals surface area contributed by atoms with E-state index >= 15 is 0 Å². The van der Waals surface area contributed by atoms with Crippen molar-refractivity contribution >= 4 is 34.7 Å². The van der Waals surface area contributed by atoms with Crippen LogP contribution in [0.5, 0.6) is 0 Å². The molecule has 1 N–H and O–H groups in total. The van der Waals surface area contributed by atoms with E-state index in [0.717, 1.165) is 6.54 Å². The Labute approximate surface area is 157 Å². The van der Waals surface area contributed by atoms with Gasteiger partial charge in [0.2, 0.25) is 0 Å². The minimum Gasteiger partial charge on any atom is -0.465 e. The van der Waals surface area contributed by atoms with Gasteiger partial charge < -0.3 is 19.9 Å². The molecular weight excluding hydrogens is 350 g/mol. The predicted octanol–water partition coefficient (Wildman–Crippen LogP) is 3.59. The maximum atomic E-state index is 12.6. The van der Waals surface area contributed by atoms with Crippen molar-refractivity contribution in [1.29, 1.82) is 0 Å². The van der Waals surface area contributed by atoms with E-state index in [1.165, 1.54) is 29.7 Å². The molecule has 6 nitrogen and oxygen atoms in total. The molecule has 0 spiro atoms. The number of hydrogen-bond donors (Lipinski definition) is 1. The van der Waals surface area contributed by atoms with Crippen LogP contribution in [0.4, 0.5) is 16.2 Å². The van der Waals surface area contributed by atoms with Crippen molar-refractivity contribution in [2.75, 3.05) is 37.0 Å². The van der Waals surface area contributed by atoms with Gasteiger partial charge in [-0.05, 0) is 37.4 Å². The highest BCUT2D eigenvalue weighted by atomic mass is 32.1. The van der Waals surface area contributed by atoms with E-state index in [9.17, 15) is 9.59 Å². The lowest BCUT2D eigenvalue weighted by molar-refractivity contribution is 0.0607. The molecular formula is C19H23N3O3S. The summed E-state index contributed by atoms with van der Waals surface area (Å²) in [5, 5.41) is 4.60. The Bertz CT molecular complexity index is 788. The highest BCUT2D eigenvalue weighted by molar-refractivity contribution is 7.12. The summed E-state index contributed by atoms with van der Waals surface area (Å²) in [7, 11) is 1.33. The van der Waals surface area contributed by atoms with Gasteiger partial charge in [-0.3, -0.25) is 0 Å². The van der Waals surface area contributed by atoms with Gasteiger partial charge in [0.05, 0.1) is 12.8 Å². The molecule has 1 fully saturated rings. The minimum absolute atomic E-state index is 0.191. The number of nitrogens with one attached hydrogen (secondary N) is 1. The summed E-state index contributed by atoms with van der Waals surface area (Å²) in [5.41, 5.74) is 2.91. The molecule has 7 heteroatoms. The highest BCUT2D eigenvalue weighted by Gasteiger charge is 2.27. The van der Waals surface area contributed by atoms with Gasteiger partial charge in [-0.25, -0.2) is 9.59 Å². The Balaban J connectivity index is 1.63. The summed E-state index contributed by atoms with van der Waals surface area (Å²) in [5.74, 6) is -0.437. The molecule has 0 radical (unpaired) electrons. The first-order valence-corrected chi connectivity index (χ1v) is 9.42. The lowest BCUT2D eigenvalue weighted by Crippen LogP contribution is -2.54. The largest absolute Gasteiger partial charge is 0.465 e. The van der Waals surface area contributed by atoms with Crippen LogP contribution in [0.25, 0.3) is 0 Å². The van der Waals surface area contributed by atoms with Crippen LogP contribution in [0.3, 0.4) is 0 Å². The van der Waals surface area contributed by atoms with Crippen molar-refractivity contribution in [3.63, 3.8) is 0 Å². The number of urea groups is 1. The summed E-state index contributed by atoms with van der Waals surface area (Å²) >= 11 is 1.25. The molecule has 0 saturated carbocycles. The maximum Gasteiger partial charge on any atom is 0.350 e. The number of carbonyl (C=O) groups is 2. The van der Waals surface area contributed by atoms with Crippen LogP contribution in [0.2, 0.25) is 0 Å². The number of carbonyl (C=O) groups excluding carboxylic acids is 2. The van der Waals surface area contributed by atoms with E-state index in [1.807, 2.05) is 0 Å². The number of anilines is 2. The van der Waals surface area contributed by atoms with Gasteiger partial charge >= 0.3 is 12.0 Å². The van der Waals surface area contributed by atoms with E-state index in [4.69, 9.17) is 4.74 Å². The molecule has 2 heterocycles. The number of amides is 2. The standard InChI is InChI=1S/C19H23N3O3S/c1-13-4-6-15(7-5-13)22-10-9-21(12-14(22)2)19(24)20-16-8-11-26-17(16)18(23)25-3/h4-8,11,14H,9-10,12H2,1-3H3,(H,20,24)/t14-/m0/s1. The number of piperazine rings is 1. The fraction of sp³-hybridized carbons (Fsp3) is 0.368. The minimum atomic E-state index is -0.437. The molecule has 0 unspecified atom stereocenters. The zero-order valence-corrected chi connectivity index (χ0v) is 16.0. The molecule has 1 aliphatic rings. The monoisotopic (exact) mass is 373 g/mol. The molecule has 0 aliphatic carbocycles. The van der Waals surface area contributed by atoms with Crippen LogP contribution in [0, 0.1) is 6.92 Å². The van der Waals surface area contributed by atoms with Crippen molar-refractivity contribution < 1.29 is 14.3 Å². The van der Waals surface area contributed by atoms with E-state index in [2.05, 4.69) is 48.3 Å². The van der Waals surface area contributed by atoms with E-state index in [-0.39, 0.29) is 12.1 Å². The molecule has 1 aromatic heterocycles. The Hall–Kier alpha value is -2.54. The Kier molecular flexibility index (Phi) is 5.46. The number of esters is 1. The quantitative estimate of drug-likeness (QED) is 0.836. The van der Waals surface area contributed by atoms with Crippen molar-refractivity contribution in [1.82, 2.24) is 4.90 Å². The van der Waals surface area contributed by atoms with Gasteiger partial charge in [-0.2, -0.15) is 0 Å². The summed E-state index contributed by atoms with van der Waals surface area (Å²) in [6, 6.07) is 10.2. The summed E-state index contributed by atoms with van der Waals surface area (Å²) in [6.45, 7) is 6.20. The molecule has 1 atom stereocenters. The Morgan fingerprint density at radius 2 is 1.92 bits per heavy atom. The topological polar surface area (TPSA) is 61.9 Å². The third-order valence-electron chi connectivity index (χ3n) is 4.56. The molecule has 1 aliphatic heterocycles. The third-order valence-corrected chi connectivity index (χ3v) is 5.45. The van der Waals surface area contributed by atoms with E-state index in [0.29, 0.717) is 23.7 Å². The number of rotatable bonds is 3. The Morgan fingerprint density at radius 1 is 1.19 bits per heavy atom. The van der Waals surface area contributed by atoms with Crippen molar-refractivity contribution in [3.05, 3.63) is 46.2 Å². The van der Waals surface area contributed by atoms with Crippen molar-refractivity contribution in [2.24, 2.45) is 0 Å². The number of ether oxygens (including phenoxy) is 1. The van der Waals surface area contributed by atoms with Crippen molar-refractivity contribution in [3.8, 4) is 0 Å². The second kappa shape index (κ2) is 7.78. The van der Waals surface area contributed by atoms with Crippen LogP contribution in [-0.2, 0) is 4.74 Å². The fourth-order valence-electron chi connectivity index (χ4n) is 3.11. The van der Waals surface area contributed by atoms with Gasteiger partial charge in [0.15, 0.2) is 0 Å². The van der Waals surface area contributed by atoms with Gasteiger partial charge in [-0.1, -0.05) is 17.7 Å². The average molecular weight is 373 g/mol. The van der Waals surface area contributed by atoms with Crippen LogP contribution < -0.4 is 10.2 Å². The number of nitrogens with zero attached hydrogens (tertiary/aromatic N) is 2. The summed E-state index contributed by atoms with van der Waals surface area (Å²) < 4.78 is 4.75. The van der Waals surface area contributed by atoms with Crippen LogP contribution >= 0.6 is 11.3 Å². The molecule has 2 aromatic rings. The lowest BCUT2D eigenvalue weighted by atomic mass is 10.1. The van der Waals surface area contributed by atoms with E-state index < -0.39 is 5.97 Å². The smallest absolute Gasteiger partial charge is 0.350 e. The first kappa shape index (κ1) is 18.3. The van der Waals surface area contributed by atoms with Gasteiger partial charge in [-0.15, -0.1) is 11.3 Å². The van der Waals surface area contributed by atoms with Gasteiger partial charge in [0.1, 0.15) is 4.88 Å². The zero-order chi connectivity index (χ0) is 18.7. The number of hydrogen-bond acceptors (Lipinski definition) is 5. The molecule has 138 valence electrons. The molecule has 1 aromatic carbocycles. The first-order chi connectivity index (χ1) is 12.5. The van der Waals surface area contributed by atoms with Gasteiger partial charge in [0.25, 0.3) is 0 Å². The van der Waals surface area contributed by atoms with Gasteiger partial charge in [0, 0.05) is 31.4 Å². The molecule has 3 rings (SSSR count). The van der Waals surface area contributed by atoms with Crippen molar-refractivity contribution in [2.45, 2.75) is 19.9 Å². The summed E-state index contributed by atoms with van der Waals surface area (Å²) in [4.78, 5) is 28.9. The first-order valence-electron chi connectivity index (χ1n) is 8.54. The number of thiophene rings is 1. The molecule has 26 heavy (non-hydrogen) atoms. The van der Waals surface area contributed by atoms with Crippen LogP contribution in [0.15, 0.2) is 35.7 Å². The highest BCUT2D eigenvalue weighted by Crippen LogP contribution is 2.25. The second-order valence-corrected chi connectivity index (χ2v) is 7.33. The maximum absolute atomic E-state index is 12.6. The lowest BCUT2D eigenvalue weighted by Gasteiger charge is -2.41. The number of methoxy groups -OCH3 is 1. The third kappa shape index (κ3) is 3.83. The predicted molar refractivity (Wildman–Crippen MR) is 104 cm³/mol. The van der Waals surface area contributed by atoms with Crippen LogP contribution in [-0.4, -0.2) is 49.7 Å². The molecule has 0 bridgehead atoms. The second-order valence-electron chi connectivity index (χ2n) is 6.41. The molecule has 1 saturated heterocycles. The number of aryl methyl sites for hydroxylation is 1. The zero-order valence-electron chi connectivity index (χ0n) is 15.2. The Morgan fingerprint density at radius 3 is 2.58 bits per heavy atom. The summed E-state index contributed by atoms with van der Waals surface area (Å²) in [6.07, 6.45) is 0. The normalized spacial score (nSPS) is 17.1. The van der Waals surface area contributed by atoms with E-state index in [1.54, 1.807) is 16.3 Å². The average Bonchev–Trinajstić information content (AvgIpc) is 3.10. The van der Waals surface area contributed by atoms with Crippen LogP contribution in [0.1, 0.15) is 22.2 Å². The number of benzene rings is 1. The molecule has 2 amide bonds.